The molecule has 2 aromatic carbocycles. The second-order valence-corrected chi connectivity index (χ2v) is 8.11. The van der Waals surface area contributed by atoms with E-state index in [1.807, 2.05) is 12.1 Å². The number of benzene rings is 2. The van der Waals surface area contributed by atoms with Crippen LogP contribution in [0.3, 0.4) is 0 Å². The van der Waals surface area contributed by atoms with Crippen LogP contribution in [0.5, 0.6) is 5.75 Å². The zero-order chi connectivity index (χ0) is 20.8. The number of ether oxygens (including phenoxy) is 1. The van der Waals surface area contributed by atoms with Gasteiger partial charge < -0.3 is 10.1 Å². The van der Waals surface area contributed by atoms with Crippen LogP contribution in [-0.2, 0) is 9.59 Å². The Morgan fingerprint density at radius 2 is 1.90 bits per heavy atom. The van der Waals surface area contributed by atoms with Crippen LogP contribution in [0.25, 0.3) is 6.08 Å². The first kappa shape index (κ1) is 21.1. The summed E-state index contributed by atoms with van der Waals surface area (Å²) < 4.78 is 6.03. The van der Waals surface area contributed by atoms with Crippen molar-refractivity contribution in [3.63, 3.8) is 0 Å². The van der Waals surface area contributed by atoms with Gasteiger partial charge in [-0.05, 0) is 48.0 Å². The summed E-state index contributed by atoms with van der Waals surface area (Å²) in [4.78, 5) is 26.4. The van der Waals surface area contributed by atoms with E-state index in [1.165, 1.54) is 16.7 Å². The maximum absolute atomic E-state index is 12.3. The van der Waals surface area contributed by atoms with Gasteiger partial charge in [0.1, 0.15) is 10.1 Å². The Labute approximate surface area is 183 Å². The fourth-order valence-electron chi connectivity index (χ4n) is 2.48. The van der Waals surface area contributed by atoms with E-state index in [9.17, 15) is 9.59 Å². The van der Waals surface area contributed by atoms with Gasteiger partial charge in [0.05, 0.1) is 4.91 Å². The predicted octanol–water partition coefficient (Wildman–Crippen LogP) is 4.74. The average molecular weight is 445 g/mol. The smallest absolute Gasteiger partial charge is 0.266 e. The maximum atomic E-state index is 12.3. The number of hydrogen-bond acceptors (Lipinski definition) is 5. The van der Waals surface area contributed by atoms with E-state index in [2.05, 4.69) is 11.9 Å². The number of thioether (sulfide) groups is 1. The Kier molecular flexibility index (Phi) is 7.09. The highest BCUT2D eigenvalue weighted by molar-refractivity contribution is 8.26. The Morgan fingerprint density at radius 1 is 1.21 bits per heavy atom. The molecule has 0 radical (unpaired) electrons. The summed E-state index contributed by atoms with van der Waals surface area (Å²) in [6, 6.07) is 13.9. The Bertz CT molecular complexity index is 972. The standard InChI is InChI=1S/C21H17ClN2O3S2/c1-2-11-24-20(26)18(29-21(24)28)12-14-3-9-17(10-4-14)27-13-19(25)23-16-7-5-15(22)6-8-16/h2-10,12H,1,11,13H2,(H,23,25)/b18-12-. The van der Waals surface area contributed by atoms with Gasteiger partial charge in [-0.15, -0.1) is 6.58 Å². The summed E-state index contributed by atoms with van der Waals surface area (Å²) in [5.74, 6) is 0.147. The SMILES string of the molecule is C=CCN1C(=O)/C(=C/c2ccc(OCC(=O)Nc3ccc(Cl)cc3)cc2)SC1=S. The maximum Gasteiger partial charge on any atom is 0.266 e. The molecule has 0 bridgehead atoms. The lowest BCUT2D eigenvalue weighted by Gasteiger charge is -2.10. The molecule has 1 saturated heterocycles. The van der Waals surface area contributed by atoms with E-state index in [0.717, 1.165) is 5.56 Å². The molecule has 2 amide bonds. The van der Waals surface area contributed by atoms with Crippen LogP contribution < -0.4 is 10.1 Å². The van der Waals surface area contributed by atoms with Crippen molar-refractivity contribution in [2.24, 2.45) is 0 Å². The quantitative estimate of drug-likeness (QED) is 0.379. The van der Waals surface area contributed by atoms with Crippen LogP contribution in [-0.4, -0.2) is 34.2 Å². The molecule has 1 aliphatic heterocycles. The topological polar surface area (TPSA) is 58.6 Å². The number of halogens is 1. The first-order valence-electron chi connectivity index (χ1n) is 8.61. The van der Waals surface area contributed by atoms with Crippen LogP contribution in [0.2, 0.25) is 5.02 Å². The van der Waals surface area contributed by atoms with Gasteiger partial charge >= 0.3 is 0 Å². The fourth-order valence-corrected chi connectivity index (χ4v) is 3.88. The summed E-state index contributed by atoms with van der Waals surface area (Å²) in [7, 11) is 0. The van der Waals surface area contributed by atoms with Crippen molar-refractivity contribution in [3.05, 3.63) is 76.7 Å². The van der Waals surface area contributed by atoms with E-state index in [1.54, 1.807) is 48.6 Å². The van der Waals surface area contributed by atoms with Crippen molar-refractivity contribution in [1.82, 2.24) is 4.90 Å². The van der Waals surface area contributed by atoms with E-state index in [0.29, 0.717) is 32.2 Å². The van der Waals surface area contributed by atoms with Crippen molar-refractivity contribution in [2.75, 3.05) is 18.5 Å². The molecule has 148 valence electrons. The highest BCUT2D eigenvalue weighted by Gasteiger charge is 2.30. The van der Waals surface area contributed by atoms with Gasteiger partial charge in [0.15, 0.2) is 6.61 Å². The van der Waals surface area contributed by atoms with Crippen LogP contribution in [0, 0.1) is 0 Å². The lowest BCUT2D eigenvalue weighted by molar-refractivity contribution is -0.121. The molecule has 1 aliphatic rings. The third-order valence-electron chi connectivity index (χ3n) is 3.86. The molecule has 0 unspecified atom stereocenters. The monoisotopic (exact) mass is 444 g/mol. The molecule has 1 N–H and O–H groups in total. The van der Waals surface area contributed by atoms with Gasteiger partial charge in [-0.2, -0.15) is 0 Å². The number of hydrogen-bond donors (Lipinski definition) is 1. The molecule has 1 fully saturated rings. The third-order valence-corrected chi connectivity index (χ3v) is 5.49. The largest absolute Gasteiger partial charge is 0.484 e. The summed E-state index contributed by atoms with van der Waals surface area (Å²) in [6.07, 6.45) is 3.42. The number of amides is 2. The van der Waals surface area contributed by atoms with Crippen molar-refractivity contribution >= 4 is 63.5 Å². The highest BCUT2D eigenvalue weighted by Crippen LogP contribution is 2.32. The van der Waals surface area contributed by atoms with Gasteiger partial charge in [-0.25, -0.2) is 0 Å². The Hall–Kier alpha value is -2.61. The molecule has 0 spiro atoms. The van der Waals surface area contributed by atoms with Crippen LogP contribution in [0.4, 0.5) is 5.69 Å². The van der Waals surface area contributed by atoms with Crippen molar-refractivity contribution in [2.45, 2.75) is 0 Å². The van der Waals surface area contributed by atoms with Gasteiger partial charge in [0, 0.05) is 17.3 Å². The zero-order valence-corrected chi connectivity index (χ0v) is 17.7. The van der Waals surface area contributed by atoms with Crippen molar-refractivity contribution in [1.29, 1.82) is 0 Å². The van der Waals surface area contributed by atoms with Gasteiger partial charge in [0.25, 0.3) is 11.8 Å². The first-order valence-corrected chi connectivity index (χ1v) is 10.2. The van der Waals surface area contributed by atoms with E-state index in [-0.39, 0.29) is 18.4 Å². The third kappa shape index (κ3) is 5.69. The number of nitrogens with zero attached hydrogens (tertiary/aromatic N) is 1. The summed E-state index contributed by atoms with van der Waals surface area (Å²) >= 11 is 12.3. The molecule has 1 heterocycles. The molecular formula is C21H17ClN2O3S2. The minimum atomic E-state index is -0.276. The van der Waals surface area contributed by atoms with E-state index >= 15 is 0 Å². The number of thiocarbonyl (C=S) groups is 1. The summed E-state index contributed by atoms with van der Waals surface area (Å²) in [5.41, 5.74) is 1.48. The number of nitrogens with one attached hydrogen (secondary N) is 1. The number of rotatable bonds is 7. The van der Waals surface area contributed by atoms with Crippen molar-refractivity contribution < 1.29 is 14.3 Å². The molecule has 8 heteroatoms. The minimum absolute atomic E-state index is 0.123. The van der Waals surface area contributed by atoms with Crippen LogP contribution in [0.1, 0.15) is 5.56 Å². The summed E-state index contributed by atoms with van der Waals surface area (Å²) in [5, 5.41) is 3.33. The molecule has 0 aliphatic carbocycles. The molecule has 0 saturated carbocycles. The molecule has 0 atom stereocenters. The second-order valence-electron chi connectivity index (χ2n) is 5.99. The highest BCUT2D eigenvalue weighted by atomic mass is 35.5. The lowest BCUT2D eigenvalue weighted by Crippen LogP contribution is -2.27. The van der Waals surface area contributed by atoms with Gasteiger partial charge in [-0.1, -0.05) is 53.8 Å². The molecule has 3 rings (SSSR count). The minimum Gasteiger partial charge on any atom is -0.484 e. The average Bonchev–Trinajstić information content (AvgIpc) is 2.97. The molecule has 2 aromatic rings. The van der Waals surface area contributed by atoms with Crippen molar-refractivity contribution in [3.8, 4) is 5.75 Å². The van der Waals surface area contributed by atoms with Gasteiger partial charge in [0.2, 0.25) is 0 Å². The fraction of sp³-hybridized carbons (Fsp3) is 0.0952. The predicted molar refractivity (Wildman–Crippen MR) is 122 cm³/mol. The molecular weight excluding hydrogens is 428 g/mol. The number of anilines is 1. The number of carbonyl (C=O) groups excluding carboxylic acids is 2. The van der Waals surface area contributed by atoms with Gasteiger partial charge in [-0.3, -0.25) is 14.5 Å². The Balaban J connectivity index is 1.55. The van der Waals surface area contributed by atoms with Crippen LogP contribution >= 0.6 is 35.6 Å². The molecule has 29 heavy (non-hydrogen) atoms. The molecule has 5 nitrogen and oxygen atoms in total. The molecule has 0 aromatic heterocycles. The van der Waals surface area contributed by atoms with E-state index in [4.69, 9.17) is 28.6 Å². The zero-order valence-electron chi connectivity index (χ0n) is 15.3. The summed E-state index contributed by atoms with van der Waals surface area (Å²) in [6.45, 7) is 3.91. The lowest BCUT2D eigenvalue weighted by atomic mass is 10.2. The van der Waals surface area contributed by atoms with Crippen LogP contribution in [0.15, 0.2) is 66.1 Å². The normalized spacial score (nSPS) is 14.9. The Morgan fingerprint density at radius 3 is 2.55 bits per heavy atom. The second kappa shape index (κ2) is 9.73. The first-order chi connectivity index (χ1) is 14.0. The van der Waals surface area contributed by atoms with E-state index < -0.39 is 0 Å². The number of carbonyl (C=O) groups is 2.